The molecule has 1 radical (unpaired) electrons. The number of hydrogen-bond donors (Lipinski definition) is 1. The van der Waals surface area contributed by atoms with Crippen molar-refractivity contribution in [1.29, 1.82) is 0 Å². The molecule has 68 heavy (non-hydrogen) atoms. The molecule has 3 nitrogen and oxygen atoms in total. The molecule has 2 unspecified atom stereocenters. The lowest BCUT2D eigenvalue weighted by atomic mass is 9.53. The van der Waals surface area contributed by atoms with Crippen LogP contribution < -0.4 is 20.0 Å². The number of aromatic amines is 1. The van der Waals surface area contributed by atoms with Crippen LogP contribution in [-0.2, 0) is 21.7 Å². The SMILES string of the molecule is CC1(C)CCC2(C)CC3(C)CCC(C)(C)c4cc5sc6c(c5cc43)N(c3ccc1c2c3)c1cc(N(c2ccccc2)c2ccccc2)cc(-c2cccc3c2[nH]c2cc4ccccc4cc23)c1[B]6. The number of rotatable bonds is 4. The maximum Gasteiger partial charge on any atom is 0.211 e. The Labute approximate surface area is 404 Å². The van der Waals surface area contributed by atoms with E-state index in [2.05, 4.69) is 221 Å². The second-order valence-electron chi connectivity index (χ2n) is 22.5. The van der Waals surface area contributed by atoms with Crippen molar-refractivity contribution in [2.45, 2.75) is 95.3 Å². The summed E-state index contributed by atoms with van der Waals surface area (Å²) in [6, 6.07) is 60.1. The number of nitrogens with zero attached hydrogens (tertiary/aromatic N) is 2. The number of fused-ring (bicyclic) bond motifs is 8. The van der Waals surface area contributed by atoms with Gasteiger partial charge >= 0.3 is 0 Å². The van der Waals surface area contributed by atoms with E-state index in [0.29, 0.717) is 0 Å². The Morgan fingerprint density at radius 1 is 0.529 bits per heavy atom. The zero-order valence-corrected chi connectivity index (χ0v) is 40.7. The smallest absolute Gasteiger partial charge is 0.211 e. The Morgan fingerprint density at radius 3 is 1.91 bits per heavy atom. The molecule has 2 aliphatic carbocycles. The molecule has 331 valence electrons. The summed E-state index contributed by atoms with van der Waals surface area (Å²) in [6.45, 7) is 15.2. The maximum atomic E-state index is 4.00. The molecule has 2 atom stereocenters. The number of nitrogens with one attached hydrogen (secondary N) is 1. The van der Waals surface area contributed by atoms with Gasteiger partial charge in [-0.1, -0.05) is 126 Å². The molecule has 1 N–H and O–H groups in total. The molecule has 5 heteroatoms. The molecule has 0 spiro atoms. The van der Waals surface area contributed by atoms with Crippen molar-refractivity contribution in [3.63, 3.8) is 0 Å². The first-order valence-electron chi connectivity index (χ1n) is 24.8. The van der Waals surface area contributed by atoms with E-state index >= 15 is 0 Å². The quantitative estimate of drug-likeness (QED) is 0.178. The zero-order valence-electron chi connectivity index (χ0n) is 39.9. The predicted molar refractivity (Wildman–Crippen MR) is 292 cm³/mol. The van der Waals surface area contributed by atoms with Crippen molar-refractivity contribution < 1.29 is 0 Å². The highest BCUT2D eigenvalue weighted by atomic mass is 32.1. The van der Waals surface area contributed by atoms with Gasteiger partial charge in [-0.05, 0) is 175 Å². The number of H-pyrrole nitrogens is 1. The van der Waals surface area contributed by atoms with E-state index in [1.54, 1.807) is 16.7 Å². The Hall–Kier alpha value is -6.56. The fourth-order valence-electron chi connectivity index (χ4n) is 13.5. The molecule has 0 saturated carbocycles. The third-order valence-corrected chi connectivity index (χ3v) is 18.3. The van der Waals surface area contributed by atoms with Crippen LogP contribution >= 0.6 is 11.3 Å². The second kappa shape index (κ2) is 14.0. The minimum Gasteiger partial charge on any atom is -0.354 e. The zero-order chi connectivity index (χ0) is 45.9. The molecular formula is C63H55BN3S. The van der Waals surface area contributed by atoms with Crippen molar-refractivity contribution in [2.24, 2.45) is 0 Å². The lowest BCUT2D eigenvalue weighted by Gasteiger charge is -2.51. The third kappa shape index (κ3) is 5.78. The standard InChI is InChI=1S/C63H55BN3S/c1-60(2)26-28-62(5)37-63(6)29-27-61(3,4)50-36-55-48(35-52(50)63)58-59(68-55)64-56-47(45-23-15-22-44-46-30-38-16-13-14-17-39(38)31-53(46)65-57(44)45)32-43(34-54(56)67(58)42-24-25-49(60)51(62)33-42)66(40-18-9-7-10-19-40)41-20-11-8-12-21-41/h7-25,30-36,65H,26-29,37H2,1-6H3. The van der Waals surface area contributed by atoms with Gasteiger partial charge in [0.25, 0.3) is 0 Å². The molecule has 4 aliphatic rings. The maximum absolute atomic E-state index is 4.00. The Bertz CT molecular complexity index is 3710. The van der Waals surface area contributed by atoms with Crippen LogP contribution in [0.1, 0.15) is 95.9 Å². The fraction of sp³-hybridized carbons (Fsp3) is 0.238. The largest absolute Gasteiger partial charge is 0.354 e. The van der Waals surface area contributed by atoms with Crippen LogP contribution in [0.4, 0.5) is 34.1 Å². The van der Waals surface area contributed by atoms with Crippen molar-refractivity contribution >= 4 is 106 Å². The third-order valence-electron chi connectivity index (χ3n) is 17.2. The van der Waals surface area contributed by atoms with E-state index in [9.17, 15) is 0 Å². The molecule has 14 rings (SSSR count). The van der Waals surface area contributed by atoms with Crippen LogP contribution in [0.5, 0.6) is 0 Å². The first kappa shape index (κ1) is 40.5. The molecule has 0 saturated heterocycles. The molecule has 4 heterocycles. The summed E-state index contributed by atoms with van der Waals surface area (Å²) in [4.78, 5) is 9.14. The number of benzene rings is 8. The van der Waals surface area contributed by atoms with Gasteiger partial charge in [0, 0.05) is 60.4 Å². The number of aromatic nitrogens is 1. The Kier molecular flexibility index (Phi) is 8.35. The summed E-state index contributed by atoms with van der Waals surface area (Å²) in [6.07, 6.45) is 5.93. The van der Waals surface area contributed by atoms with Crippen LogP contribution in [0.3, 0.4) is 0 Å². The molecule has 8 aromatic carbocycles. The molecule has 4 bridgehead atoms. The van der Waals surface area contributed by atoms with Gasteiger partial charge in [-0.15, -0.1) is 11.3 Å². The van der Waals surface area contributed by atoms with Crippen LogP contribution in [0.2, 0.25) is 0 Å². The Balaban J connectivity index is 1.11. The molecule has 2 aromatic heterocycles. The summed E-state index contributed by atoms with van der Waals surface area (Å²) in [7, 11) is 2.55. The van der Waals surface area contributed by atoms with E-state index in [0.717, 1.165) is 34.5 Å². The van der Waals surface area contributed by atoms with Gasteiger partial charge < -0.3 is 14.8 Å². The number of hydrogen-bond acceptors (Lipinski definition) is 3. The summed E-state index contributed by atoms with van der Waals surface area (Å²) < 4.78 is 2.70. The minimum absolute atomic E-state index is 0.0222. The van der Waals surface area contributed by atoms with Crippen LogP contribution in [0.25, 0.3) is 53.8 Å². The van der Waals surface area contributed by atoms with Gasteiger partial charge in [0.1, 0.15) is 0 Å². The van der Waals surface area contributed by atoms with Crippen molar-refractivity contribution in [1.82, 2.24) is 4.98 Å². The number of thiophene rings is 1. The van der Waals surface area contributed by atoms with Crippen molar-refractivity contribution in [3.05, 3.63) is 180 Å². The van der Waals surface area contributed by atoms with Gasteiger partial charge in [0.05, 0.1) is 11.2 Å². The number of anilines is 6. The van der Waals surface area contributed by atoms with Gasteiger partial charge in [-0.3, -0.25) is 0 Å². The van der Waals surface area contributed by atoms with Crippen molar-refractivity contribution in [3.8, 4) is 11.1 Å². The highest BCUT2D eigenvalue weighted by Crippen LogP contribution is 2.59. The Morgan fingerprint density at radius 2 is 1.19 bits per heavy atom. The van der Waals surface area contributed by atoms with Gasteiger partial charge in [-0.25, -0.2) is 0 Å². The lowest BCUT2D eigenvalue weighted by Crippen LogP contribution is -2.44. The average Bonchev–Trinajstić information content (AvgIpc) is 3.90. The lowest BCUT2D eigenvalue weighted by molar-refractivity contribution is 0.208. The minimum atomic E-state index is 0.0222. The molecule has 0 amide bonds. The second-order valence-corrected chi connectivity index (χ2v) is 23.6. The van der Waals surface area contributed by atoms with Crippen LogP contribution in [0, 0.1) is 0 Å². The molecule has 0 fully saturated rings. The summed E-state index contributed by atoms with van der Waals surface area (Å²) in [5.74, 6) is 0. The normalized spacial score (nSPS) is 20.6. The summed E-state index contributed by atoms with van der Waals surface area (Å²) in [5.41, 5.74) is 19.6. The van der Waals surface area contributed by atoms with E-state index in [4.69, 9.17) is 0 Å². The first-order chi connectivity index (χ1) is 32.9. The van der Waals surface area contributed by atoms with E-state index in [1.807, 2.05) is 11.3 Å². The number of para-hydroxylation sites is 3. The molecular weight excluding hydrogens is 842 g/mol. The molecule has 10 aromatic rings. The fourth-order valence-corrected chi connectivity index (χ4v) is 14.7. The topological polar surface area (TPSA) is 22.3 Å². The van der Waals surface area contributed by atoms with Crippen LogP contribution in [-0.4, -0.2) is 12.3 Å². The van der Waals surface area contributed by atoms with Crippen LogP contribution in [0.15, 0.2) is 158 Å². The molecule has 2 aliphatic heterocycles. The van der Waals surface area contributed by atoms with E-state index in [1.165, 1.54) is 101 Å². The highest BCUT2D eigenvalue weighted by molar-refractivity contribution is 7.29. The average molecular weight is 897 g/mol. The van der Waals surface area contributed by atoms with Gasteiger partial charge in [0.2, 0.25) is 7.28 Å². The van der Waals surface area contributed by atoms with Gasteiger partial charge in [-0.2, -0.15) is 0 Å². The highest BCUT2D eigenvalue weighted by Gasteiger charge is 2.49. The summed E-state index contributed by atoms with van der Waals surface area (Å²) >= 11 is 1.98. The monoisotopic (exact) mass is 896 g/mol. The van der Waals surface area contributed by atoms with Gasteiger partial charge in [0.15, 0.2) is 0 Å². The van der Waals surface area contributed by atoms with E-state index in [-0.39, 0.29) is 21.7 Å². The van der Waals surface area contributed by atoms with Crippen molar-refractivity contribution in [2.75, 3.05) is 9.80 Å². The summed E-state index contributed by atoms with van der Waals surface area (Å²) in [5, 5.41) is 6.37. The predicted octanol–water partition coefficient (Wildman–Crippen LogP) is 16.3. The van der Waals surface area contributed by atoms with E-state index < -0.39 is 0 Å². The first-order valence-corrected chi connectivity index (χ1v) is 25.6.